The topological polar surface area (TPSA) is 68.2 Å². The van der Waals surface area contributed by atoms with Gasteiger partial charge in [-0.1, -0.05) is 6.07 Å². The standard InChI is InChI=1S/C15H12O5/c16-10-3-9-6-18-15(14(9)11(17)5-10)8-1-2-12-13(4-8)20-7-19-12/h1-5,15-17H,6-7H2. The number of hydrogen-bond acceptors (Lipinski definition) is 5. The van der Waals surface area contributed by atoms with E-state index in [1.807, 2.05) is 18.2 Å². The molecule has 2 aromatic rings. The van der Waals surface area contributed by atoms with E-state index in [9.17, 15) is 10.2 Å². The first-order valence-electron chi connectivity index (χ1n) is 6.28. The van der Waals surface area contributed by atoms with Crippen LogP contribution in [-0.2, 0) is 11.3 Å². The number of ether oxygens (including phenoxy) is 3. The zero-order valence-corrected chi connectivity index (χ0v) is 10.5. The van der Waals surface area contributed by atoms with Crippen LogP contribution in [0.2, 0.25) is 0 Å². The van der Waals surface area contributed by atoms with Gasteiger partial charge in [0.15, 0.2) is 11.5 Å². The fraction of sp³-hybridized carbons (Fsp3) is 0.200. The van der Waals surface area contributed by atoms with E-state index in [1.54, 1.807) is 6.07 Å². The maximum atomic E-state index is 10.0. The minimum Gasteiger partial charge on any atom is -0.508 e. The van der Waals surface area contributed by atoms with E-state index in [-0.39, 0.29) is 24.4 Å². The molecule has 0 saturated carbocycles. The molecule has 2 heterocycles. The van der Waals surface area contributed by atoms with Gasteiger partial charge < -0.3 is 24.4 Å². The van der Waals surface area contributed by atoms with E-state index in [0.29, 0.717) is 23.7 Å². The smallest absolute Gasteiger partial charge is 0.231 e. The summed E-state index contributed by atoms with van der Waals surface area (Å²) in [4.78, 5) is 0. The molecule has 4 rings (SSSR count). The van der Waals surface area contributed by atoms with Gasteiger partial charge in [-0.2, -0.15) is 0 Å². The Morgan fingerprint density at radius 2 is 1.85 bits per heavy atom. The maximum absolute atomic E-state index is 10.0. The number of hydrogen-bond donors (Lipinski definition) is 2. The quantitative estimate of drug-likeness (QED) is 0.834. The molecule has 0 aliphatic carbocycles. The predicted octanol–water partition coefficient (Wildman–Crippen LogP) is 2.45. The summed E-state index contributed by atoms with van der Waals surface area (Å²) in [5.74, 6) is 1.47. The normalized spacial score (nSPS) is 19.1. The van der Waals surface area contributed by atoms with Crippen molar-refractivity contribution in [1.82, 2.24) is 0 Å². The monoisotopic (exact) mass is 272 g/mol. The molecule has 0 spiro atoms. The third kappa shape index (κ3) is 1.60. The van der Waals surface area contributed by atoms with Crippen LogP contribution in [0.4, 0.5) is 0 Å². The molecular formula is C15H12O5. The average molecular weight is 272 g/mol. The largest absolute Gasteiger partial charge is 0.508 e. The van der Waals surface area contributed by atoms with Crippen LogP contribution in [0.1, 0.15) is 22.8 Å². The molecule has 2 N–H and O–H groups in total. The van der Waals surface area contributed by atoms with E-state index in [0.717, 1.165) is 11.1 Å². The van der Waals surface area contributed by atoms with E-state index in [2.05, 4.69) is 0 Å². The number of rotatable bonds is 1. The second kappa shape index (κ2) is 4.05. The zero-order chi connectivity index (χ0) is 13.7. The van der Waals surface area contributed by atoms with Crippen LogP contribution < -0.4 is 9.47 Å². The Morgan fingerprint density at radius 1 is 1.00 bits per heavy atom. The van der Waals surface area contributed by atoms with Crippen LogP contribution in [0.3, 0.4) is 0 Å². The zero-order valence-electron chi connectivity index (χ0n) is 10.5. The fourth-order valence-corrected chi connectivity index (χ4v) is 2.70. The third-order valence-electron chi connectivity index (χ3n) is 3.60. The summed E-state index contributed by atoms with van der Waals surface area (Å²) in [6, 6.07) is 8.51. The number of phenolic OH excluding ortho intramolecular Hbond substituents is 2. The number of phenols is 2. The molecule has 0 fully saturated rings. The molecule has 1 unspecified atom stereocenters. The Bertz CT molecular complexity index is 695. The Morgan fingerprint density at radius 3 is 2.75 bits per heavy atom. The molecule has 5 heteroatoms. The number of benzene rings is 2. The molecule has 102 valence electrons. The molecule has 2 aromatic carbocycles. The summed E-state index contributed by atoms with van der Waals surface area (Å²) >= 11 is 0. The molecule has 2 aliphatic heterocycles. The van der Waals surface area contributed by atoms with Crippen molar-refractivity contribution in [3.05, 3.63) is 47.0 Å². The molecule has 20 heavy (non-hydrogen) atoms. The van der Waals surface area contributed by atoms with Gasteiger partial charge in [0.05, 0.1) is 6.61 Å². The highest BCUT2D eigenvalue weighted by molar-refractivity contribution is 5.53. The van der Waals surface area contributed by atoms with Crippen molar-refractivity contribution in [2.24, 2.45) is 0 Å². The lowest BCUT2D eigenvalue weighted by Gasteiger charge is -2.13. The van der Waals surface area contributed by atoms with Gasteiger partial charge >= 0.3 is 0 Å². The molecule has 0 radical (unpaired) electrons. The van der Waals surface area contributed by atoms with Crippen LogP contribution in [0.25, 0.3) is 0 Å². The van der Waals surface area contributed by atoms with Gasteiger partial charge in [-0.05, 0) is 29.3 Å². The minimum absolute atomic E-state index is 0.0381. The highest BCUT2D eigenvalue weighted by Gasteiger charge is 2.30. The van der Waals surface area contributed by atoms with Crippen molar-refractivity contribution in [2.45, 2.75) is 12.7 Å². The van der Waals surface area contributed by atoms with Crippen LogP contribution in [0.5, 0.6) is 23.0 Å². The van der Waals surface area contributed by atoms with Gasteiger partial charge in [0, 0.05) is 11.6 Å². The van der Waals surface area contributed by atoms with E-state index in [1.165, 1.54) is 6.07 Å². The van der Waals surface area contributed by atoms with Gasteiger partial charge in [0.2, 0.25) is 6.79 Å². The highest BCUT2D eigenvalue weighted by Crippen LogP contribution is 2.45. The van der Waals surface area contributed by atoms with Crippen molar-refractivity contribution in [1.29, 1.82) is 0 Å². The lowest BCUT2D eigenvalue weighted by Crippen LogP contribution is -1.99. The molecule has 0 bridgehead atoms. The van der Waals surface area contributed by atoms with Gasteiger partial charge in [-0.15, -0.1) is 0 Å². The van der Waals surface area contributed by atoms with Gasteiger partial charge in [-0.25, -0.2) is 0 Å². The van der Waals surface area contributed by atoms with E-state index >= 15 is 0 Å². The fourth-order valence-electron chi connectivity index (χ4n) is 2.70. The Labute approximate surface area is 115 Å². The van der Waals surface area contributed by atoms with Crippen molar-refractivity contribution in [3.8, 4) is 23.0 Å². The number of fused-ring (bicyclic) bond motifs is 2. The molecule has 1 atom stereocenters. The second-order valence-corrected chi connectivity index (χ2v) is 4.84. The van der Waals surface area contributed by atoms with Crippen molar-refractivity contribution in [3.63, 3.8) is 0 Å². The first-order chi connectivity index (χ1) is 9.72. The maximum Gasteiger partial charge on any atom is 0.231 e. The first-order valence-corrected chi connectivity index (χ1v) is 6.28. The molecule has 0 amide bonds. The lowest BCUT2D eigenvalue weighted by atomic mass is 9.98. The van der Waals surface area contributed by atoms with Crippen molar-refractivity contribution < 1.29 is 24.4 Å². The van der Waals surface area contributed by atoms with Crippen LogP contribution in [0, 0.1) is 0 Å². The summed E-state index contributed by atoms with van der Waals surface area (Å²) in [5.41, 5.74) is 2.38. The van der Waals surface area contributed by atoms with Gasteiger partial charge in [0.1, 0.15) is 17.6 Å². The summed E-state index contributed by atoms with van der Waals surface area (Å²) in [6.45, 7) is 0.580. The second-order valence-electron chi connectivity index (χ2n) is 4.84. The van der Waals surface area contributed by atoms with Crippen LogP contribution in [0.15, 0.2) is 30.3 Å². The Kier molecular flexibility index (Phi) is 2.31. The lowest BCUT2D eigenvalue weighted by molar-refractivity contribution is 0.0927. The first kappa shape index (κ1) is 11.4. The summed E-state index contributed by atoms with van der Waals surface area (Å²) < 4.78 is 16.4. The molecular weight excluding hydrogens is 260 g/mol. The molecule has 0 aromatic heterocycles. The average Bonchev–Trinajstić information content (AvgIpc) is 3.03. The third-order valence-corrected chi connectivity index (χ3v) is 3.60. The Balaban J connectivity index is 1.79. The van der Waals surface area contributed by atoms with Crippen molar-refractivity contribution >= 4 is 0 Å². The van der Waals surface area contributed by atoms with Gasteiger partial charge in [0.25, 0.3) is 0 Å². The van der Waals surface area contributed by atoms with Crippen molar-refractivity contribution in [2.75, 3.05) is 6.79 Å². The Hall–Kier alpha value is -2.40. The molecule has 2 aliphatic rings. The minimum atomic E-state index is -0.361. The summed E-state index contributed by atoms with van der Waals surface area (Å²) in [5, 5.41) is 19.6. The molecule has 0 saturated heterocycles. The van der Waals surface area contributed by atoms with Crippen LogP contribution in [-0.4, -0.2) is 17.0 Å². The summed E-state index contributed by atoms with van der Waals surface area (Å²) in [6.07, 6.45) is -0.361. The summed E-state index contributed by atoms with van der Waals surface area (Å²) in [7, 11) is 0. The van der Waals surface area contributed by atoms with E-state index < -0.39 is 0 Å². The highest BCUT2D eigenvalue weighted by atomic mass is 16.7. The SMILES string of the molecule is Oc1cc(O)c2c(c1)COC2c1ccc2c(c1)OCO2. The predicted molar refractivity (Wildman–Crippen MR) is 69.0 cm³/mol. The van der Waals surface area contributed by atoms with Crippen LogP contribution >= 0.6 is 0 Å². The molecule has 5 nitrogen and oxygen atoms in total. The van der Waals surface area contributed by atoms with Gasteiger partial charge in [-0.3, -0.25) is 0 Å². The van der Waals surface area contributed by atoms with E-state index in [4.69, 9.17) is 14.2 Å². The number of aromatic hydroxyl groups is 2.